The lowest BCUT2D eigenvalue weighted by molar-refractivity contribution is 0.0934. The van der Waals surface area contributed by atoms with Crippen molar-refractivity contribution >= 4 is 28.7 Å². The van der Waals surface area contributed by atoms with Crippen molar-refractivity contribution < 1.29 is 14.0 Å². The largest absolute Gasteiger partial charge is 0.371 e. The molecule has 0 atom stereocenters. The van der Waals surface area contributed by atoms with Gasteiger partial charge >= 0.3 is 0 Å². The van der Waals surface area contributed by atoms with Gasteiger partial charge in [-0.15, -0.1) is 11.3 Å². The Labute approximate surface area is 150 Å². The van der Waals surface area contributed by atoms with Crippen LogP contribution in [-0.4, -0.2) is 30.8 Å². The van der Waals surface area contributed by atoms with Crippen molar-refractivity contribution in [1.29, 1.82) is 0 Å². The van der Waals surface area contributed by atoms with Gasteiger partial charge in [-0.1, -0.05) is 6.07 Å². The van der Waals surface area contributed by atoms with Crippen molar-refractivity contribution in [3.05, 3.63) is 51.5 Å². The maximum absolute atomic E-state index is 14.0. The molecule has 0 spiro atoms. The normalized spacial score (nSPS) is 15.2. The number of nitrogens with zero attached hydrogens (tertiary/aromatic N) is 1. The molecular weight excluding hydrogens is 339 g/mol. The van der Waals surface area contributed by atoms with Gasteiger partial charge < -0.3 is 10.2 Å². The minimum absolute atomic E-state index is 0.0354. The van der Waals surface area contributed by atoms with E-state index in [-0.39, 0.29) is 23.3 Å². The number of hydrogen-bond donors (Lipinski definition) is 1. The summed E-state index contributed by atoms with van der Waals surface area (Å²) in [6.07, 6.45) is 1.54. The predicted molar refractivity (Wildman–Crippen MR) is 98.2 cm³/mol. The third-order valence-electron chi connectivity index (χ3n) is 4.48. The van der Waals surface area contributed by atoms with Crippen LogP contribution in [0.25, 0.3) is 0 Å². The number of nitrogens with one attached hydrogen (secondary N) is 1. The zero-order valence-electron chi connectivity index (χ0n) is 14.3. The molecule has 1 aliphatic rings. The molecule has 4 nitrogen and oxygen atoms in total. The summed E-state index contributed by atoms with van der Waals surface area (Å²) in [5, 5.41) is 3.07. The highest BCUT2D eigenvalue weighted by molar-refractivity contribution is 7.13. The van der Waals surface area contributed by atoms with Gasteiger partial charge in [0.05, 0.1) is 16.1 Å². The van der Waals surface area contributed by atoms with Crippen molar-refractivity contribution in [1.82, 2.24) is 5.32 Å². The molecule has 2 heterocycles. The van der Waals surface area contributed by atoms with E-state index in [1.54, 1.807) is 12.1 Å². The van der Waals surface area contributed by atoms with Crippen LogP contribution in [0.1, 0.15) is 44.7 Å². The summed E-state index contributed by atoms with van der Waals surface area (Å²) in [5.74, 6) is -0.781. The second-order valence-electron chi connectivity index (χ2n) is 6.34. The van der Waals surface area contributed by atoms with E-state index < -0.39 is 5.82 Å². The molecule has 1 aromatic carbocycles. The summed E-state index contributed by atoms with van der Waals surface area (Å²) < 4.78 is 14.0. The van der Waals surface area contributed by atoms with E-state index in [0.29, 0.717) is 18.8 Å². The Morgan fingerprint density at radius 2 is 1.92 bits per heavy atom. The Morgan fingerprint density at radius 3 is 2.52 bits per heavy atom. The van der Waals surface area contributed by atoms with Gasteiger partial charge in [0.25, 0.3) is 5.91 Å². The lowest BCUT2D eigenvalue weighted by Gasteiger charge is -2.34. The highest BCUT2D eigenvalue weighted by Crippen LogP contribution is 2.27. The fourth-order valence-corrected chi connectivity index (χ4v) is 3.97. The smallest absolute Gasteiger partial charge is 0.261 e. The van der Waals surface area contributed by atoms with Crippen LogP contribution in [0.5, 0.6) is 0 Å². The van der Waals surface area contributed by atoms with Crippen LogP contribution < -0.4 is 10.2 Å². The van der Waals surface area contributed by atoms with Crippen LogP contribution in [-0.2, 0) is 0 Å². The van der Waals surface area contributed by atoms with E-state index in [1.807, 2.05) is 24.0 Å². The van der Waals surface area contributed by atoms with E-state index >= 15 is 0 Å². The molecule has 6 heteroatoms. The summed E-state index contributed by atoms with van der Waals surface area (Å²) in [6.45, 7) is 4.72. The van der Waals surface area contributed by atoms with Gasteiger partial charge in [-0.05, 0) is 51.0 Å². The SMILES string of the molecule is CC(=O)c1c(F)cccc1N1CCC(NC(=O)c2ccc(C)s2)CC1. The number of benzene rings is 1. The van der Waals surface area contributed by atoms with E-state index in [0.717, 1.165) is 22.6 Å². The molecule has 132 valence electrons. The Bertz CT molecular complexity index is 794. The first-order valence-electron chi connectivity index (χ1n) is 8.37. The number of aryl methyl sites for hydroxylation is 1. The Balaban J connectivity index is 1.64. The van der Waals surface area contributed by atoms with E-state index in [1.165, 1.54) is 24.3 Å². The molecule has 1 saturated heterocycles. The molecule has 0 saturated carbocycles. The summed E-state index contributed by atoms with van der Waals surface area (Å²) in [4.78, 5) is 27.9. The fraction of sp³-hybridized carbons (Fsp3) is 0.368. The van der Waals surface area contributed by atoms with Crippen LogP contribution in [0.3, 0.4) is 0 Å². The fourth-order valence-electron chi connectivity index (χ4n) is 3.20. The minimum Gasteiger partial charge on any atom is -0.371 e. The molecule has 1 fully saturated rings. The summed E-state index contributed by atoms with van der Waals surface area (Å²) in [7, 11) is 0. The maximum Gasteiger partial charge on any atom is 0.261 e. The van der Waals surface area contributed by atoms with Crippen LogP contribution in [0.2, 0.25) is 0 Å². The van der Waals surface area contributed by atoms with Gasteiger partial charge in [0.2, 0.25) is 0 Å². The zero-order chi connectivity index (χ0) is 18.0. The Kier molecular flexibility index (Phi) is 5.18. The van der Waals surface area contributed by atoms with Crippen molar-refractivity contribution in [2.75, 3.05) is 18.0 Å². The predicted octanol–water partition coefficient (Wildman–Crippen LogP) is 3.80. The molecule has 0 radical (unpaired) electrons. The third kappa shape index (κ3) is 3.90. The van der Waals surface area contributed by atoms with E-state index in [9.17, 15) is 14.0 Å². The first-order chi connectivity index (χ1) is 12.0. The minimum atomic E-state index is -0.478. The standard InChI is InChI=1S/C19H21FN2O2S/c1-12-6-7-17(25-12)19(24)21-14-8-10-22(11-9-14)16-5-3-4-15(20)18(16)13(2)23/h3-7,14H,8-11H2,1-2H3,(H,21,24). The average molecular weight is 360 g/mol. The van der Waals surface area contributed by atoms with Gasteiger partial charge in [-0.2, -0.15) is 0 Å². The molecule has 3 rings (SSSR count). The molecule has 2 aromatic rings. The molecule has 1 N–H and O–H groups in total. The number of thiophene rings is 1. The summed E-state index contributed by atoms with van der Waals surface area (Å²) >= 11 is 1.49. The number of carbonyl (C=O) groups excluding carboxylic acids is 2. The number of amides is 1. The quantitative estimate of drug-likeness (QED) is 0.844. The van der Waals surface area contributed by atoms with Crippen molar-refractivity contribution in [3.8, 4) is 0 Å². The number of rotatable bonds is 4. The maximum atomic E-state index is 14.0. The van der Waals surface area contributed by atoms with Crippen LogP contribution in [0.4, 0.5) is 10.1 Å². The third-order valence-corrected chi connectivity index (χ3v) is 5.48. The zero-order valence-corrected chi connectivity index (χ0v) is 15.2. The number of piperidine rings is 1. The first kappa shape index (κ1) is 17.6. The van der Waals surface area contributed by atoms with Crippen molar-refractivity contribution in [2.45, 2.75) is 32.7 Å². The molecule has 1 aliphatic heterocycles. The Hall–Kier alpha value is -2.21. The first-order valence-corrected chi connectivity index (χ1v) is 9.19. The second kappa shape index (κ2) is 7.35. The molecule has 0 bridgehead atoms. The van der Waals surface area contributed by atoms with Crippen LogP contribution in [0, 0.1) is 12.7 Å². The van der Waals surface area contributed by atoms with Gasteiger partial charge in [-0.3, -0.25) is 9.59 Å². The molecule has 25 heavy (non-hydrogen) atoms. The lowest BCUT2D eigenvalue weighted by atomic mass is 10.0. The number of anilines is 1. The molecule has 1 aromatic heterocycles. The topological polar surface area (TPSA) is 49.4 Å². The highest BCUT2D eigenvalue weighted by Gasteiger charge is 2.25. The van der Waals surface area contributed by atoms with Crippen LogP contribution in [0.15, 0.2) is 30.3 Å². The van der Waals surface area contributed by atoms with Crippen molar-refractivity contribution in [3.63, 3.8) is 0 Å². The number of ketones is 1. The summed E-state index contributed by atoms with van der Waals surface area (Å²) in [5.41, 5.74) is 0.796. The van der Waals surface area contributed by atoms with Gasteiger partial charge in [-0.25, -0.2) is 4.39 Å². The summed E-state index contributed by atoms with van der Waals surface area (Å²) in [6, 6.07) is 8.61. The Morgan fingerprint density at radius 1 is 1.20 bits per heavy atom. The van der Waals surface area contributed by atoms with E-state index in [2.05, 4.69) is 5.32 Å². The van der Waals surface area contributed by atoms with Gasteiger partial charge in [0.1, 0.15) is 5.82 Å². The van der Waals surface area contributed by atoms with Gasteiger partial charge in [0.15, 0.2) is 5.78 Å². The molecule has 1 amide bonds. The number of hydrogen-bond acceptors (Lipinski definition) is 4. The lowest BCUT2D eigenvalue weighted by Crippen LogP contribution is -2.45. The number of Topliss-reactive ketones (excluding diaryl/α,β-unsaturated/α-hetero) is 1. The van der Waals surface area contributed by atoms with E-state index in [4.69, 9.17) is 0 Å². The second-order valence-corrected chi connectivity index (χ2v) is 7.62. The monoisotopic (exact) mass is 360 g/mol. The highest BCUT2D eigenvalue weighted by atomic mass is 32.1. The number of carbonyl (C=O) groups is 2. The molecule has 0 aliphatic carbocycles. The number of halogens is 1. The van der Waals surface area contributed by atoms with Crippen LogP contribution >= 0.6 is 11.3 Å². The molecule has 0 unspecified atom stereocenters. The van der Waals surface area contributed by atoms with Gasteiger partial charge in [0, 0.05) is 24.0 Å². The van der Waals surface area contributed by atoms with Crippen molar-refractivity contribution in [2.24, 2.45) is 0 Å². The molecular formula is C19H21FN2O2S. The average Bonchev–Trinajstić information content (AvgIpc) is 3.01.